The van der Waals surface area contributed by atoms with Crippen molar-refractivity contribution >= 4 is 34.3 Å². The number of ether oxygens (including phenoxy) is 1. The molecule has 0 atom stereocenters. The summed E-state index contributed by atoms with van der Waals surface area (Å²) in [6, 6.07) is 5.13. The second kappa shape index (κ2) is 9.42. The van der Waals surface area contributed by atoms with Crippen molar-refractivity contribution in [2.45, 2.75) is 44.5 Å². The van der Waals surface area contributed by atoms with Crippen molar-refractivity contribution in [3.05, 3.63) is 33.6 Å². The number of nitrogens with zero attached hydrogens (tertiary/aromatic N) is 2. The van der Waals surface area contributed by atoms with Crippen LogP contribution >= 0.6 is 23.4 Å². The van der Waals surface area contributed by atoms with Crippen molar-refractivity contribution in [1.82, 2.24) is 9.55 Å². The monoisotopic (exact) mass is 370 g/mol. The van der Waals surface area contributed by atoms with Crippen molar-refractivity contribution in [3.63, 3.8) is 0 Å². The molecule has 132 valence electrons. The summed E-state index contributed by atoms with van der Waals surface area (Å²) in [6.07, 6.45) is 1.58. The zero-order valence-electron chi connectivity index (χ0n) is 14.0. The molecule has 5 nitrogen and oxygen atoms in total. The first-order valence-corrected chi connectivity index (χ1v) is 9.44. The van der Waals surface area contributed by atoms with Crippen molar-refractivity contribution in [1.29, 1.82) is 0 Å². The van der Waals surface area contributed by atoms with Gasteiger partial charge in [0.25, 0.3) is 5.56 Å². The number of fused-ring (bicyclic) bond motifs is 1. The Balaban J connectivity index is 2.29. The second-order valence-corrected chi connectivity index (χ2v) is 7.21. The third kappa shape index (κ3) is 5.21. The predicted octanol–water partition coefficient (Wildman–Crippen LogP) is 3.34. The molecule has 0 aliphatic carbocycles. The van der Waals surface area contributed by atoms with Gasteiger partial charge in [-0.2, -0.15) is 0 Å². The van der Waals surface area contributed by atoms with Crippen LogP contribution < -0.4 is 5.56 Å². The number of benzene rings is 1. The van der Waals surface area contributed by atoms with Crippen molar-refractivity contribution in [2.24, 2.45) is 0 Å². The Morgan fingerprint density at radius 3 is 2.88 bits per heavy atom. The van der Waals surface area contributed by atoms with Gasteiger partial charge in [-0.05, 0) is 44.9 Å². The number of halogens is 1. The van der Waals surface area contributed by atoms with E-state index in [2.05, 4.69) is 4.98 Å². The molecule has 0 saturated heterocycles. The lowest BCUT2D eigenvalue weighted by molar-refractivity contribution is 0.0743. The summed E-state index contributed by atoms with van der Waals surface area (Å²) in [6.45, 7) is 5.26. The van der Waals surface area contributed by atoms with Crippen molar-refractivity contribution < 1.29 is 9.84 Å². The molecule has 0 saturated carbocycles. The maximum Gasteiger partial charge on any atom is 0.262 e. The highest BCUT2D eigenvalue weighted by molar-refractivity contribution is 7.99. The number of rotatable bonds is 9. The highest BCUT2D eigenvalue weighted by Crippen LogP contribution is 2.21. The second-order valence-electron chi connectivity index (χ2n) is 5.71. The molecule has 0 amide bonds. The summed E-state index contributed by atoms with van der Waals surface area (Å²) in [4.78, 5) is 17.4. The highest BCUT2D eigenvalue weighted by atomic mass is 35.5. The van der Waals surface area contributed by atoms with E-state index in [0.29, 0.717) is 46.4 Å². The minimum absolute atomic E-state index is 0.0623. The molecule has 24 heavy (non-hydrogen) atoms. The van der Waals surface area contributed by atoms with Crippen LogP contribution in [-0.4, -0.2) is 39.7 Å². The molecule has 0 spiro atoms. The first-order valence-electron chi connectivity index (χ1n) is 8.08. The number of hydrogen-bond acceptors (Lipinski definition) is 5. The Kier molecular flexibility index (Phi) is 7.55. The van der Waals surface area contributed by atoms with Crippen LogP contribution in [0.5, 0.6) is 0 Å². The van der Waals surface area contributed by atoms with Crippen LogP contribution in [-0.2, 0) is 11.3 Å². The minimum atomic E-state index is -0.0623. The van der Waals surface area contributed by atoms with Gasteiger partial charge in [0.05, 0.1) is 17.0 Å². The Bertz CT molecular complexity index is 734. The normalized spacial score (nSPS) is 11.5. The summed E-state index contributed by atoms with van der Waals surface area (Å²) < 4.78 is 7.25. The van der Waals surface area contributed by atoms with Gasteiger partial charge in [0.1, 0.15) is 0 Å². The Morgan fingerprint density at radius 1 is 1.38 bits per heavy atom. The number of aliphatic hydroxyl groups is 1. The van der Waals surface area contributed by atoms with E-state index >= 15 is 0 Å². The van der Waals surface area contributed by atoms with E-state index in [0.717, 1.165) is 6.42 Å². The third-order valence-corrected chi connectivity index (χ3v) is 4.69. The topological polar surface area (TPSA) is 64.3 Å². The van der Waals surface area contributed by atoms with Crippen molar-refractivity contribution in [3.8, 4) is 0 Å². The quantitative estimate of drug-likeness (QED) is 0.416. The van der Waals surface area contributed by atoms with Gasteiger partial charge in [0, 0.05) is 30.5 Å². The zero-order chi connectivity index (χ0) is 17.5. The van der Waals surface area contributed by atoms with E-state index < -0.39 is 0 Å². The molecule has 1 aromatic carbocycles. The molecule has 1 aromatic heterocycles. The van der Waals surface area contributed by atoms with E-state index in [-0.39, 0.29) is 18.3 Å². The molecule has 7 heteroatoms. The molecule has 0 aliphatic rings. The van der Waals surface area contributed by atoms with E-state index in [9.17, 15) is 4.79 Å². The third-order valence-electron chi connectivity index (χ3n) is 3.39. The standard InChI is InChI=1S/C17H23ClN2O3S/c1-12(2)23-9-3-7-20-16(22)14-6-5-13(18)11-15(14)19-17(20)24-10-4-8-21/h5-6,11-12,21H,3-4,7-10H2,1-2H3. The van der Waals surface area contributed by atoms with Crippen LogP contribution in [0, 0.1) is 0 Å². The number of aromatic nitrogens is 2. The molecule has 1 N–H and O–H groups in total. The van der Waals surface area contributed by atoms with E-state index in [1.807, 2.05) is 13.8 Å². The maximum atomic E-state index is 12.8. The molecule has 0 fully saturated rings. The van der Waals surface area contributed by atoms with E-state index in [4.69, 9.17) is 21.4 Å². The number of aliphatic hydroxyl groups excluding tert-OH is 1. The molecule has 2 rings (SSSR count). The Hall–Kier alpha value is -1.08. The summed E-state index contributed by atoms with van der Waals surface area (Å²) in [7, 11) is 0. The average Bonchev–Trinajstić information content (AvgIpc) is 2.53. The number of thioether (sulfide) groups is 1. The van der Waals surface area contributed by atoms with Crippen LogP contribution in [0.25, 0.3) is 10.9 Å². The van der Waals surface area contributed by atoms with Gasteiger partial charge in [-0.15, -0.1) is 0 Å². The average molecular weight is 371 g/mol. The van der Waals surface area contributed by atoms with Gasteiger partial charge in [-0.1, -0.05) is 23.4 Å². The molecule has 1 heterocycles. The van der Waals surface area contributed by atoms with Gasteiger partial charge in [0.15, 0.2) is 5.16 Å². The molecule has 0 bridgehead atoms. The lowest BCUT2D eigenvalue weighted by Gasteiger charge is -2.14. The van der Waals surface area contributed by atoms with E-state index in [1.165, 1.54) is 11.8 Å². The molecule has 0 radical (unpaired) electrons. The molecule has 0 unspecified atom stereocenters. The fourth-order valence-electron chi connectivity index (χ4n) is 2.25. The van der Waals surface area contributed by atoms with Crippen LogP contribution in [0.4, 0.5) is 0 Å². The minimum Gasteiger partial charge on any atom is -0.396 e. The number of hydrogen-bond donors (Lipinski definition) is 1. The summed E-state index contributed by atoms with van der Waals surface area (Å²) in [5, 5.41) is 10.7. The SMILES string of the molecule is CC(C)OCCCn1c(SCCCO)nc2cc(Cl)ccc2c1=O. The Morgan fingerprint density at radius 2 is 2.17 bits per heavy atom. The highest BCUT2D eigenvalue weighted by Gasteiger charge is 2.12. The first kappa shape index (κ1) is 19.2. The fourth-order valence-corrected chi connectivity index (χ4v) is 3.37. The van der Waals surface area contributed by atoms with Gasteiger partial charge < -0.3 is 9.84 Å². The van der Waals surface area contributed by atoms with Gasteiger partial charge in [0.2, 0.25) is 0 Å². The lowest BCUT2D eigenvalue weighted by Crippen LogP contribution is -2.24. The van der Waals surface area contributed by atoms with Gasteiger partial charge >= 0.3 is 0 Å². The van der Waals surface area contributed by atoms with Crippen LogP contribution in [0.3, 0.4) is 0 Å². The fraction of sp³-hybridized carbons (Fsp3) is 0.529. The molecule has 0 aliphatic heterocycles. The molecular formula is C17H23ClN2O3S. The zero-order valence-corrected chi connectivity index (χ0v) is 15.6. The van der Waals surface area contributed by atoms with Gasteiger partial charge in [-0.3, -0.25) is 9.36 Å². The predicted molar refractivity (Wildman–Crippen MR) is 99.1 cm³/mol. The maximum absolute atomic E-state index is 12.8. The molecular weight excluding hydrogens is 348 g/mol. The molecule has 2 aromatic rings. The van der Waals surface area contributed by atoms with Crippen LogP contribution in [0.15, 0.2) is 28.2 Å². The lowest BCUT2D eigenvalue weighted by atomic mass is 10.2. The van der Waals surface area contributed by atoms with Crippen molar-refractivity contribution in [2.75, 3.05) is 19.0 Å². The van der Waals surface area contributed by atoms with Crippen LogP contribution in [0.2, 0.25) is 5.02 Å². The summed E-state index contributed by atoms with van der Waals surface area (Å²) in [5.74, 6) is 0.706. The summed E-state index contributed by atoms with van der Waals surface area (Å²) in [5.41, 5.74) is 0.543. The van der Waals surface area contributed by atoms with Gasteiger partial charge in [-0.25, -0.2) is 4.98 Å². The van der Waals surface area contributed by atoms with Crippen LogP contribution in [0.1, 0.15) is 26.7 Å². The van der Waals surface area contributed by atoms with E-state index in [1.54, 1.807) is 22.8 Å². The largest absolute Gasteiger partial charge is 0.396 e. The smallest absolute Gasteiger partial charge is 0.262 e. The first-order chi connectivity index (χ1) is 11.5. The Labute approximate surface area is 151 Å². The summed E-state index contributed by atoms with van der Waals surface area (Å²) >= 11 is 7.50.